The Morgan fingerprint density at radius 3 is 2.62 bits per heavy atom. The minimum atomic E-state index is -0.475. The van der Waals surface area contributed by atoms with Gasteiger partial charge in [-0.25, -0.2) is 4.79 Å². The van der Waals surface area contributed by atoms with Gasteiger partial charge in [0.2, 0.25) is 0 Å². The van der Waals surface area contributed by atoms with Crippen LogP contribution in [0.1, 0.15) is 62.6 Å². The Morgan fingerprint density at radius 2 is 2.04 bits per heavy atom. The van der Waals surface area contributed by atoms with Crippen LogP contribution in [0.4, 0.5) is 4.79 Å². The maximum Gasteiger partial charge on any atom is 0.410 e. The summed E-state index contributed by atoms with van der Waals surface area (Å²) in [6, 6.07) is 6.61. The number of rotatable bonds is 3. The molecule has 4 nitrogen and oxygen atoms in total. The Labute approximate surface area is 146 Å². The molecular weight excluding hydrogens is 300 g/mol. The van der Waals surface area contributed by atoms with E-state index >= 15 is 0 Å². The van der Waals surface area contributed by atoms with E-state index in [4.69, 9.17) is 10.5 Å². The van der Waals surface area contributed by atoms with Crippen LogP contribution in [0.3, 0.4) is 0 Å². The van der Waals surface area contributed by atoms with E-state index in [9.17, 15) is 4.79 Å². The van der Waals surface area contributed by atoms with Crippen molar-refractivity contribution >= 4 is 6.09 Å². The number of carbonyl (C=O) groups excluding carboxylic acids is 1. The summed E-state index contributed by atoms with van der Waals surface area (Å²) in [6.45, 7) is 11.2. The quantitative estimate of drug-likeness (QED) is 0.905. The fourth-order valence-corrected chi connectivity index (χ4v) is 3.66. The van der Waals surface area contributed by atoms with Gasteiger partial charge in [-0.3, -0.25) is 0 Å². The van der Waals surface area contributed by atoms with Crippen molar-refractivity contribution in [1.82, 2.24) is 4.90 Å². The Morgan fingerprint density at radius 1 is 1.33 bits per heavy atom. The number of nitrogens with two attached hydrogens (primary N) is 1. The second kappa shape index (κ2) is 7.56. The van der Waals surface area contributed by atoms with Gasteiger partial charge in [0.1, 0.15) is 5.60 Å². The molecule has 2 N–H and O–H groups in total. The summed E-state index contributed by atoms with van der Waals surface area (Å²) < 4.78 is 5.63. The number of hydrogen-bond acceptors (Lipinski definition) is 3. The van der Waals surface area contributed by atoms with Crippen LogP contribution in [0.15, 0.2) is 18.2 Å². The molecule has 1 saturated heterocycles. The van der Waals surface area contributed by atoms with Crippen molar-refractivity contribution in [1.29, 1.82) is 0 Å². The Bertz CT molecular complexity index is 577. The monoisotopic (exact) mass is 332 g/mol. The Hall–Kier alpha value is -1.55. The molecule has 1 aromatic rings. The van der Waals surface area contributed by atoms with E-state index in [0.717, 1.165) is 25.8 Å². The molecule has 1 aliphatic heterocycles. The molecule has 2 unspecified atom stereocenters. The molecule has 0 aliphatic carbocycles. The van der Waals surface area contributed by atoms with E-state index in [-0.39, 0.29) is 18.1 Å². The molecule has 1 aromatic carbocycles. The topological polar surface area (TPSA) is 55.6 Å². The van der Waals surface area contributed by atoms with E-state index in [1.54, 1.807) is 0 Å². The fourth-order valence-electron chi connectivity index (χ4n) is 3.66. The first-order valence-electron chi connectivity index (χ1n) is 9.00. The minimum Gasteiger partial charge on any atom is -0.444 e. The third kappa shape index (κ3) is 4.50. The summed E-state index contributed by atoms with van der Waals surface area (Å²) in [7, 11) is 0. The van der Waals surface area contributed by atoms with Crippen molar-refractivity contribution in [3.8, 4) is 0 Å². The molecule has 24 heavy (non-hydrogen) atoms. The molecule has 1 heterocycles. The minimum absolute atomic E-state index is 0.111. The number of ether oxygens (including phenoxy) is 1. The zero-order valence-electron chi connectivity index (χ0n) is 15.8. The number of likely N-dealkylation sites (tertiary alicyclic amines) is 1. The number of aryl methyl sites for hydroxylation is 2. The van der Waals surface area contributed by atoms with Crippen LogP contribution in [-0.4, -0.2) is 35.7 Å². The molecule has 0 radical (unpaired) electrons. The van der Waals surface area contributed by atoms with E-state index in [1.165, 1.54) is 16.7 Å². The van der Waals surface area contributed by atoms with Crippen LogP contribution < -0.4 is 5.73 Å². The van der Waals surface area contributed by atoms with Gasteiger partial charge in [0.25, 0.3) is 0 Å². The molecule has 0 bridgehead atoms. The molecule has 0 saturated carbocycles. The van der Waals surface area contributed by atoms with Crippen molar-refractivity contribution < 1.29 is 9.53 Å². The van der Waals surface area contributed by atoms with Gasteiger partial charge in [-0.1, -0.05) is 23.8 Å². The van der Waals surface area contributed by atoms with Crippen LogP contribution in [0.25, 0.3) is 0 Å². The van der Waals surface area contributed by atoms with E-state index in [2.05, 4.69) is 32.0 Å². The molecule has 1 aliphatic rings. The maximum absolute atomic E-state index is 12.7. The predicted molar refractivity (Wildman–Crippen MR) is 98.3 cm³/mol. The summed E-state index contributed by atoms with van der Waals surface area (Å²) in [5.74, 6) is 0.151. The van der Waals surface area contributed by atoms with Gasteiger partial charge in [-0.05, 0) is 65.0 Å². The third-order valence-corrected chi connectivity index (χ3v) is 4.72. The molecule has 0 aromatic heterocycles. The first-order valence-corrected chi connectivity index (χ1v) is 9.00. The van der Waals surface area contributed by atoms with Crippen molar-refractivity contribution in [3.05, 3.63) is 34.9 Å². The summed E-state index contributed by atoms with van der Waals surface area (Å²) in [4.78, 5) is 14.6. The normalized spacial score (nSPS) is 19.9. The first kappa shape index (κ1) is 18.8. The van der Waals surface area contributed by atoms with Gasteiger partial charge < -0.3 is 15.4 Å². The van der Waals surface area contributed by atoms with Crippen LogP contribution in [0.5, 0.6) is 0 Å². The number of nitrogens with zero attached hydrogens (tertiary/aromatic N) is 1. The number of hydrogen-bond donors (Lipinski definition) is 1. The predicted octanol–water partition coefficient (Wildman–Crippen LogP) is 4.14. The van der Waals surface area contributed by atoms with Crippen molar-refractivity contribution in [3.63, 3.8) is 0 Å². The third-order valence-electron chi connectivity index (χ3n) is 4.72. The van der Waals surface area contributed by atoms with Gasteiger partial charge in [-0.2, -0.15) is 0 Å². The zero-order valence-corrected chi connectivity index (χ0v) is 15.8. The molecule has 0 spiro atoms. The van der Waals surface area contributed by atoms with Crippen LogP contribution in [0, 0.1) is 13.8 Å². The number of amides is 1. The van der Waals surface area contributed by atoms with Crippen molar-refractivity contribution in [2.75, 3.05) is 13.1 Å². The van der Waals surface area contributed by atoms with Crippen molar-refractivity contribution in [2.45, 2.75) is 71.4 Å². The van der Waals surface area contributed by atoms with Gasteiger partial charge in [0.15, 0.2) is 0 Å². The second-order valence-corrected chi connectivity index (χ2v) is 7.94. The average Bonchev–Trinajstić information content (AvgIpc) is 2.49. The van der Waals surface area contributed by atoms with Crippen molar-refractivity contribution in [2.24, 2.45) is 5.73 Å². The maximum atomic E-state index is 12.7. The van der Waals surface area contributed by atoms with Crippen LogP contribution in [0.2, 0.25) is 0 Å². The molecule has 2 rings (SSSR count). The van der Waals surface area contributed by atoms with Crippen LogP contribution in [-0.2, 0) is 4.74 Å². The smallest absolute Gasteiger partial charge is 0.410 e. The number of piperidine rings is 1. The summed E-state index contributed by atoms with van der Waals surface area (Å²) >= 11 is 0. The molecular formula is C20H32N2O2. The lowest BCUT2D eigenvalue weighted by molar-refractivity contribution is 0.00661. The zero-order chi connectivity index (χ0) is 17.9. The summed E-state index contributed by atoms with van der Waals surface area (Å²) in [5.41, 5.74) is 9.43. The number of carbonyl (C=O) groups is 1. The first-order chi connectivity index (χ1) is 11.2. The van der Waals surface area contributed by atoms with Gasteiger partial charge >= 0.3 is 6.09 Å². The summed E-state index contributed by atoms with van der Waals surface area (Å²) in [5, 5.41) is 0. The molecule has 2 atom stereocenters. The average molecular weight is 332 g/mol. The Kier molecular flexibility index (Phi) is 5.92. The molecule has 134 valence electrons. The number of benzene rings is 1. The SMILES string of the molecule is Cc1ccc(C(CN)C2CCCCN2C(=O)OC(C)(C)C)c(C)c1. The Balaban J connectivity index is 2.28. The van der Waals surface area contributed by atoms with E-state index < -0.39 is 5.60 Å². The van der Waals surface area contributed by atoms with Gasteiger partial charge in [-0.15, -0.1) is 0 Å². The van der Waals surface area contributed by atoms with E-state index in [0.29, 0.717) is 6.54 Å². The molecule has 1 fully saturated rings. The van der Waals surface area contributed by atoms with Crippen LogP contribution >= 0.6 is 0 Å². The van der Waals surface area contributed by atoms with Gasteiger partial charge in [0, 0.05) is 25.0 Å². The van der Waals surface area contributed by atoms with E-state index in [1.807, 2.05) is 25.7 Å². The second-order valence-electron chi connectivity index (χ2n) is 7.94. The highest BCUT2D eigenvalue weighted by molar-refractivity contribution is 5.69. The molecule has 4 heteroatoms. The lowest BCUT2D eigenvalue weighted by Crippen LogP contribution is -2.50. The fraction of sp³-hybridized carbons (Fsp3) is 0.650. The summed E-state index contributed by atoms with van der Waals surface area (Å²) in [6.07, 6.45) is 2.93. The standard InChI is InChI=1S/C20H32N2O2/c1-14-9-10-16(15(2)12-14)17(13-21)18-8-6-7-11-22(18)19(23)24-20(3,4)5/h9-10,12,17-18H,6-8,11,13,21H2,1-5H3. The largest absolute Gasteiger partial charge is 0.444 e. The highest BCUT2D eigenvalue weighted by atomic mass is 16.6. The highest BCUT2D eigenvalue weighted by Crippen LogP contribution is 2.32. The highest BCUT2D eigenvalue weighted by Gasteiger charge is 2.35. The van der Waals surface area contributed by atoms with Gasteiger partial charge in [0.05, 0.1) is 0 Å². The molecule has 1 amide bonds. The lowest BCUT2D eigenvalue weighted by atomic mass is 9.83. The lowest BCUT2D eigenvalue weighted by Gasteiger charge is -2.41.